The zero-order chi connectivity index (χ0) is 11.9. The molecule has 5 heteroatoms. The summed E-state index contributed by atoms with van der Waals surface area (Å²) in [7, 11) is 0. The van der Waals surface area contributed by atoms with Crippen molar-refractivity contribution in [2.24, 2.45) is 0 Å². The first-order valence-corrected chi connectivity index (χ1v) is 6.36. The molecule has 0 saturated carbocycles. The van der Waals surface area contributed by atoms with E-state index < -0.39 is 0 Å². The number of nitrogens with zero attached hydrogens (tertiary/aromatic N) is 3. The minimum absolute atomic E-state index is 0.625. The number of piperidine rings is 1. The Balaban J connectivity index is 1.90. The van der Waals surface area contributed by atoms with Gasteiger partial charge in [-0.25, -0.2) is 9.99 Å². The summed E-state index contributed by atoms with van der Waals surface area (Å²) in [5.74, 6) is 1.27. The fraction of sp³-hybridized carbons (Fsp3) is 0.667. The van der Waals surface area contributed by atoms with Crippen LogP contribution in [0.1, 0.15) is 32.6 Å². The van der Waals surface area contributed by atoms with Gasteiger partial charge < -0.3 is 4.74 Å². The van der Waals surface area contributed by atoms with E-state index in [1.807, 2.05) is 0 Å². The number of ether oxygens (including phenoxy) is 1. The van der Waals surface area contributed by atoms with Crippen LogP contribution in [-0.4, -0.2) is 34.7 Å². The van der Waals surface area contributed by atoms with Crippen LogP contribution < -0.4 is 10.2 Å². The molecule has 1 aliphatic heterocycles. The maximum absolute atomic E-state index is 5.48. The molecule has 1 fully saturated rings. The first-order valence-electron chi connectivity index (χ1n) is 6.36. The maximum Gasteiger partial charge on any atom is 0.240 e. The molecule has 0 amide bonds. The Morgan fingerprint density at radius 2 is 2.18 bits per heavy atom. The molecule has 1 aliphatic rings. The fourth-order valence-electron chi connectivity index (χ4n) is 1.83. The van der Waals surface area contributed by atoms with Crippen LogP contribution in [0.2, 0.25) is 0 Å². The summed E-state index contributed by atoms with van der Waals surface area (Å²) >= 11 is 0. The first-order chi connectivity index (χ1) is 8.38. The van der Waals surface area contributed by atoms with Gasteiger partial charge in [-0.05, 0) is 19.3 Å². The fourth-order valence-corrected chi connectivity index (χ4v) is 1.83. The summed E-state index contributed by atoms with van der Waals surface area (Å²) in [6, 6.07) is 1.79. The van der Waals surface area contributed by atoms with Crippen molar-refractivity contribution in [1.82, 2.24) is 15.0 Å². The van der Waals surface area contributed by atoms with Gasteiger partial charge in [0.1, 0.15) is 0 Å². The summed E-state index contributed by atoms with van der Waals surface area (Å²) in [5, 5.41) is 2.17. The average molecular weight is 236 g/mol. The van der Waals surface area contributed by atoms with Crippen LogP contribution in [-0.2, 0) is 0 Å². The molecule has 2 heterocycles. The van der Waals surface area contributed by atoms with Gasteiger partial charge in [0.15, 0.2) is 0 Å². The molecular formula is C12H20N4O. The lowest BCUT2D eigenvalue weighted by molar-refractivity contribution is 0.269. The van der Waals surface area contributed by atoms with Gasteiger partial charge in [0, 0.05) is 25.4 Å². The zero-order valence-electron chi connectivity index (χ0n) is 10.4. The third-order valence-electron chi connectivity index (χ3n) is 2.70. The van der Waals surface area contributed by atoms with E-state index in [1.54, 1.807) is 12.3 Å². The largest absolute Gasteiger partial charge is 0.478 e. The third kappa shape index (κ3) is 3.85. The van der Waals surface area contributed by atoms with Crippen molar-refractivity contribution in [3.05, 3.63) is 12.3 Å². The van der Waals surface area contributed by atoms with Gasteiger partial charge in [-0.3, -0.25) is 5.43 Å². The van der Waals surface area contributed by atoms with Crippen molar-refractivity contribution >= 4 is 5.95 Å². The molecule has 1 aromatic rings. The van der Waals surface area contributed by atoms with Crippen molar-refractivity contribution in [2.45, 2.75) is 32.6 Å². The molecule has 0 aromatic carbocycles. The summed E-state index contributed by atoms with van der Waals surface area (Å²) in [6.45, 7) is 4.89. The van der Waals surface area contributed by atoms with Crippen molar-refractivity contribution < 1.29 is 4.74 Å². The van der Waals surface area contributed by atoms with Gasteiger partial charge in [0.2, 0.25) is 11.8 Å². The number of anilines is 1. The predicted molar refractivity (Wildman–Crippen MR) is 66.9 cm³/mol. The minimum Gasteiger partial charge on any atom is -0.478 e. The van der Waals surface area contributed by atoms with Crippen LogP contribution in [0.15, 0.2) is 12.3 Å². The maximum atomic E-state index is 5.48. The Morgan fingerprint density at radius 1 is 1.35 bits per heavy atom. The van der Waals surface area contributed by atoms with Crippen molar-refractivity contribution in [3.8, 4) is 5.88 Å². The Morgan fingerprint density at radius 3 is 2.94 bits per heavy atom. The number of hydrogen-bond acceptors (Lipinski definition) is 5. The van der Waals surface area contributed by atoms with E-state index in [4.69, 9.17) is 4.74 Å². The molecule has 5 nitrogen and oxygen atoms in total. The summed E-state index contributed by atoms with van der Waals surface area (Å²) in [5.41, 5.74) is 3.23. The van der Waals surface area contributed by atoms with E-state index in [1.165, 1.54) is 19.3 Å². The van der Waals surface area contributed by atoms with E-state index in [-0.39, 0.29) is 0 Å². The second-order valence-electron chi connectivity index (χ2n) is 4.23. The van der Waals surface area contributed by atoms with Crippen LogP contribution in [0.5, 0.6) is 5.88 Å². The van der Waals surface area contributed by atoms with Gasteiger partial charge in [-0.2, -0.15) is 4.98 Å². The molecule has 1 N–H and O–H groups in total. The quantitative estimate of drug-likeness (QED) is 0.848. The SMILES string of the molecule is CCCOc1ccnc(NN2CCCCC2)n1. The molecule has 0 bridgehead atoms. The lowest BCUT2D eigenvalue weighted by Gasteiger charge is -2.26. The topological polar surface area (TPSA) is 50.3 Å². The minimum atomic E-state index is 0.625. The molecule has 0 radical (unpaired) electrons. The van der Waals surface area contributed by atoms with Crippen LogP contribution >= 0.6 is 0 Å². The van der Waals surface area contributed by atoms with E-state index >= 15 is 0 Å². The Labute approximate surface area is 102 Å². The lowest BCUT2D eigenvalue weighted by Crippen LogP contribution is -2.35. The van der Waals surface area contributed by atoms with Gasteiger partial charge in [0.05, 0.1) is 6.61 Å². The van der Waals surface area contributed by atoms with Crippen molar-refractivity contribution in [3.63, 3.8) is 0 Å². The number of aromatic nitrogens is 2. The highest BCUT2D eigenvalue weighted by molar-refractivity contribution is 5.26. The van der Waals surface area contributed by atoms with E-state index in [0.29, 0.717) is 18.4 Å². The summed E-state index contributed by atoms with van der Waals surface area (Å²) < 4.78 is 5.48. The number of hydrogen-bond donors (Lipinski definition) is 1. The monoisotopic (exact) mass is 236 g/mol. The normalized spacial score (nSPS) is 16.8. The second-order valence-corrected chi connectivity index (χ2v) is 4.23. The standard InChI is InChI=1S/C12H20N4O/c1-2-10-17-11-6-7-13-12(14-11)15-16-8-4-3-5-9-16/h6-7H,2-5,8-10H2,1H3,(H,13,14,15). The highest BCUT2D eigenvalue weighted by atomic mass is 16.5. The number of rotatable bonds is 5. The lowest BCUT2D eigenvalue weighted by atomic mass is 10.2. The van der Waals surface area contributed by atoms with Crippen molar-refractivity contribution in [1.29, 1.82) is 0 Å². The average Bonchev–Trinajstić information content (AvgIpc) is 2.38. The van der Waals surface area contributed by atoms with E-state index in [0.717, 1.165) is 19.5 Å². The van der Waals surface area contributed by atoms with Crippen LogP contribution in [0.25, 0.3) is 0 Å². The van der Waals surface area contributed by atoms with Gasteiger partial charge in [-0.1, -0.05) is 13.3 Å². The molecule has 2 rings (SSSR count). The molecule has 0 aliphatic carbocycles. The van der Waals surface area contributed by atoms with Gasteiger partial charge in [0.25, 0.3) is 0 Å². The number of nitrogens with one attached hydrogen (secondary N) is 1. The predicted octanol–water partition coefficient (Wildman–Crippen LogP) is 2.08. The van der Waals surface area contributed by atoms with E-state index in [9.17, 15) is 0 Å². The van der Waals surface area contributed by atoms with E-state index in [2.05, 4.69) is 27.3 Å². The molecule has 94 valence electrons. The summed E-state index contributed by atoms with van der Waals surface area (Å²) in [4.78, 5) is 8.52. The second kappa shape index (κ2) is 6.39. The van der Waals surface area contributed by atoms with Crippen molar-refractivity contribution in [2.75, 3.05) is 25.1 Å². The molecule has 1 aromatic heterocycles. The highest BCUT2D eigenvalue weighted by Gasteiger charge is 2.11. The first kappa shape index (κ1) is 12.1. The Kier molecular flexibility index (Phi) is 4.55. The molecule has 0 spiro atoms. The zero-order valence-corrected chi connectivity index (χ0v) is 10.4. The Bertz CT molecular complexity index is 339. The van der Waals surface area contributed by atoms with Crippen LogP contribution in [0.3, 0.4) is 0 Å². The molecule has 0 unspecified atom stereocenters. The third-order valence-corrected chi connectivity index (χ3v) is 2.70. The Hall–Kier alpha value is -1.36. The smallest absolute Gasteiger partial charge is 0.240 e. The highest BCUT2D eigenvalue weighted by Crippen LogP contribution is 2.12. The molecule has 17 heavy (non-hydrogen) atoms. The van der Waals surface area contributed by atoms with Crippen LogP contribution in [0, 0.1) is 0 Å². The molecule has 1 saturated heterocycles. The number of hydrazine groups is 1. The summed E-state index contributed by atoms with van der Waals surface area (Å²) in [6.07, 6.45) is 6.50. The van der Waals surface area contributed by atoms with Crippen LogP contribution in [0.4, 0.5) is 5.95 Å². The molecule has 0 atom stereocenters. The van der Waals surface area contributed by atoms with Gasteiger partial charge in [-0.15, -0.1) is 0 Å². The molecular weight excluding hydrogens is 216 g/mol. The van der Waals surface area contributed by atoms with Gasteiger partial charge >= 0.3 is 0 Å².